The highest BCUT2D eigenvalue weighted by molar-refractivity contribution is 4.92. The van der Waals surface area contributed by atoms with Gasteiger partial charge in [-0.2, -0.15) is 0 Å². The van der Waals surface area contributed by atoms with Gasteiger partial charge in [-0.15, -0.1) is 0 Å². The minimum atomic E-state index is -0.0704. The number of aliphatic hydroxyl groups excluding tert-OH is 1. The minimum absolute atomic E-state index is 0.0704. The first-order chi connectivity index (χ1) is 7.27. The summed E-state index contributed by atoms with van der Waals surface area (Å²) in [5.74, 6) is 1.63. The van der Waals surface area contributed by atoms with Crippen molar-refractivity contribution < 1.29 is 5.11 Å². The van der Waals surface area contributed by atoms with Crippen LogP contribution in [0.2, 0.25) is 0 Å². The van der Waals surface area contributed by atoms with E-state index in [4.69, 9.17) is 0 Å². The maximum atomic E-state index is 9.84. The predicted octanol–water partition coefficient (Wildman–Crippen LogP) is 1.90. The molecule has 1 heterocycles. The van der Waals surface area contributed by atoms with Crippen molar-refractivity contribution in [2.75, 3.05) is 0 Å². The molecule has 1 aliphatic rings. The second kappa shape index (κ2) is 4.79. The van der Waals surface area contributed by atoms with Crippen LogP contribution < -0.4 is 0 Å². The van der Waals surface area contributed by atoms with Crippen molar-refractivity contribution in [2.45, 2.75) is 44.6 Å². The van der Waals surface area contributed by atoms with Gasteiger partial charge in [0.2, 0.25) is 0 Å². The molecule has 0 amide bonds. The molecule has 1 N–H and O–H groups in total. The Labute approximate surface area is 91.1 Å². The molecular weight excluding hydrogens is 188 g/mol. The number of imidazole rings is 1. The molecule has 3 heteroatoms. The van der Waals surface area contributed by atoms with E-state index in [2.05, 4.69) is 9.55 Å². The molecule has 0 aliphatic heterocycles. The number of hydrogen-bond donors (Lipinski definition) is 1. The monoisotopic (exact) mass is 208 g/mol. The molecule has 2 rings (SSSR count). The second-order valence-corrected chi connectivity index (χ2v) is 4.60. The Balaban J connectivity index is 1.84. The highest BCUT2D eigenvalue weighted by Crippen LogP contribution is 2.27. The highest BCUT2D eigenvalue weighted by Gasteiger charge is 2.22. The minimum Gasteiger partial charge on any atom is -0.393 e. The van der Waals surface area contributed by atoms with Crippen molar-refractivity contribution in [3.05, 3.63) is 18.2 Å². The fourth-order valence-electron chi connectivity index (χ4n) is 2.48. The molecule has 1 aromatic heterocycles. The molecule has 0 bridgehead atoms. The highest BCUT2D eigenvalue weighted by atomic mass is 16.3. The van der Waals surface area contributed by atoms with Crippen LogP contribution in [0.5, 0.6) is 0 Å². The SMILES string of the molecule is Cn1ccnc1CCC1CCCCC1O. The molecule has 15 heavy (non-hydrogen) atoms. The third kappa shape index (κ3) is 2.59. The quantitative estimate of drug-likeness (QED) is 0.824. The summed E-state index contributed by atoms with van der Waals surface area (Å²) in [5.41, 5.74) is 0. The van der Waals surface area contributed by atoms with Gasteiger partial charge in [0.15, 0.2) is 0 Å². The van der Waals surface area contributed by atoms with Gasteiger partial charge in [-0.3, -0.25) is 0 Å². The number of aromatic nitrogens is 2. The van der Waals surface area contributed by atoms with Gasteiger partial charge in [0.25, 0.3) is 0 Å². The molecule has 0 radical (unpaired) electrons. The van der Waals surface area contributed by atoms with Crippen LogP contribution in [-0.2, 0) is 13.5 Å². The van der Waals surface area contributed by atoms with E-state index in [0.29, 0.717) is 5.92 Å². The molecule has 1 saturated carbocycles. The lowest BCUT2D eigenvalue weighted by molar-refractivity contribution is 0.0652. The van der Waals surface area contributed by atoms with Gasteiger partial charge in [0.1, 0.15) is 5.82 Å². The summed E-state index contributed by atoms with van der Waals surface area (Å²) in [5, 5.41) is 9.84. The lowest BCUT2D eigenvalue weighted by Gasteiger charge is -2.27. The molecule has 2 atom stereocenters. The van der Waals surface area contributed by atoms with Gasteiger partial charge in [0.05, 0.1) is 6.10 Å². The summed E-state index contributed by atoms with van der Waals surface area (Å²) in [6, 6.07) is 0. The number of nitrogens with zero attached hydrogens (tertiary/aromatic N) is 2. The van der Waals surface area contributed by atoms with Crippen molar-refractivity contribution in [2.24, 2.45) is 13.0 Å². The van der Waals surface area contributed by atoms with Crippen LogP contribution in [-0.4, -0.2) is 20.8 Å². The Kier molecular flexibility index (Phi) is 3.41. The second-order valence-electron chi connectivity index (χ2n) is 4.60. The standard InChI is InChI=1S/C12H20N2O/c1-14-9-8-13-12(14)7-6-10-4-2-3-5-11(10)15/h8-11,15H,2-7H2,1H3. The zero-order chi connectivity index (χ0) is 10.7. The van der Waals surface area contributed by atoms with Crippen molar-refractivity contribution in [3.63, 3.8) is 0 Å². The molecular formula is C12H20N2O. The van der Waals surface area contributed by atoms with E-state index in [-0.39, 0.29) is 6.10 Å². The van der Waals surface area contributed by atoms with E-state index in [9.17, 15) is 5.11 Å². The van der Waals surface area contributed by atoms with Crippen molar-refractivity contribution in [3.8, 4) is 0 Å². The van der Waals surface area contributed by atoms with E-state index in [1.807, 2.05) is 19.4 Å². The Morgan fingerprint density at radius 2 is 2.27 bits per heavy atom. The first-order valence-corrected chi connectivity index (χ1v) is 5.91. The number of aryl methyl sites for hydroxylation is 2. The van der Waals surface area contributed by atoms with Gasteiger partial charge in [-0.1, -0.05) is 12.8 Å². The Bertz CT molecular complexity index is 308. The average Bonchev–Trinajstić information content (AvgIpc) is 2.63. The Morgan fingerprint density at radius 1 is 1.47 bits per heavy atom. The summed E-state index contributed by atoms with van der Waals surface area (Å²) < 4.78 is 2.06. The van der Waals surface area contributed by atoms with Gasteiger partial charge < -0.3 is 9.67 Å². The van der Waals surface area contributed by atoms with Crippen LogP contribution in [0.25, 0.3) is 0 Å². The molecule has 1 aliphatic carbocycles. The van der Waals surface area contributed by atoms with E-state index >= 15 is 0 Å². The fraction of sp³-hybridized carbons (Fsp3) is 0.750. The summed E-state index contributed by atoms with van der Waals surface area (Å²) in [4.78, 5) is 4.31. The summed E-state index contributed by atoms with van der Waals surface area (Å²) in [7, 11) is 2.03. The van der Waals surface area contributed by atoms with E-state index < -0.39 is 0 Å². The summed E-state index contributed by atoms with van der Waals surface area (Å²) in [6.07, 6.45) is 10.5. The summed E-state index contributed by atoms with van der Waals surface area (Å²) in [6.45, 7) is 0. The predicted molar refractivity (Wildman–Crippen MR) is 59.5 cm³/mol. The lowest BCUT2D eigenvalue weighted by Crippen LogP contribution is -2.25. The maximum Gasteiger partial charge on any atom is 0.108 e. The number of rotatable bonds is 3. The zero-order valence-electron chi connectivity index (χ0n) is 9.39. The third-order valence-corrected chi connectivity index (χ3v) is 3.53. The van der Waals surface area contributed by atoms with Crippen molar-refractivity contribution in [1.82, 2.24) is 9.55 Å². The molecule has 84 valence electrons. The van der Waals surface area contributed by atoms with E-state index in [1.165, 1.54) is 19.3 Å². The first-order valence-electron chi connectivity index (χ1n) is 5.91. The fourth-order valence-corrected chi connectivity index (χ4v) is 2.48. The van der Waals surface area contributed by atoms with E-state index in [1.54, 1.807) is 0 Å². The van der Waals surface area contributed by atoms with Crippen LogP contribution in [0.4, 0.5) is 0 Å². The number of aliphatic hydroxyl groups is 1. The van der Waals surface area contributed by atoms with Gasteiger partial charge in [-0.25, -0.2) is 4.98 Å². The smallest absolute Gasteiger partial charge is 0.108 e. The van der Waals surface area contributed by atoms with Crippen LogP contribution in [0.15, 0.2) is 12.4 Å². The van der Waals surface area contributed by atoms with Crippen LogP contribution in [0, 0.1) is 5.92 Å². The molecule has 0 spiro atoms. The number of hydrogen-bond acceptors (Lipinski definition) is 2. The molecule has 0 saturated heterocycles. The van der Waals surface area contributed by atoms with E-state index in [0.717, 1.165) is 25.1 Å². The molecule has 3 nitrogen and oxygen atoms in total. The van der Waals surface area contributed by atoms with Crippen molar-refractivity contribution >= 4 is 0 Å². The van der Waals surface area contributed by atoms with Gasteiger partial charge in [0, 0.05) is 25.9 Å². The topological polar surface area (TPSA) is 38.0 Å². The normalized spacial score (nSPS) is 26.8. The van der Waals surface area contributed by atoms with Crippen LogP contribution >= 0.6 is 0 Å². The van der Waals surface area contributed by atoms with Crippen molar-refractivity contribution in [1.29, 1.82) is 0 Å². The van der Waals surface area contributed by atoms with Gasteiger partial charge >= 0.3 is 0 Å². The third-order valence-electron chi connectivity index (χ3n) is 3.53. The summed E-state index contributed by atoms with van der Waals surface area (Å²) >= 11 is 0. The zero-order valence-corrected chi connectivity index (χ0v) is 9.39. The first kappa shape index (κ1) is 10.7. The van der Waals surface area contributed by atoms with Crippen LogP contribution in [0.1, 0.15) is 37.9 Å². The molecule has 1 fully saturated rings. The molecule has 2 unspecified atom stereocenters. The lowest BCUT2D eigenvalue weighted by atomic mass is 9.83. The Morgan fingerprint density at radius 3 is 2.93 bits per heavy atom. The van der Waals surface area contributed by atoms with Gasteiger partial charge in [-0.05, 0) is 25.2 Å². The molecule has 1 aromatic rings. The maximum absolute atomic E-state index is 9.84. The largest absolute Gasteiger partial charge is 0.393 e. The Hall–Kier alpha value is -0.830. The molecule has 0 aromatic carbocycles. The average molecular weight is 208 g/mol. The van der Waals surface area contributed by atoms with Crippen LogP contribution in [0.3, 0.4) is 0 Å².